The van der Waals surface area contributed by atoms with Gasteiger partial charge in [0.25, 0.3) is 5.92 Å². The third-order valence-corrected chi connectivity index (χ3v) is 9.41. The topological polar surface area (TPSA) is 142 Å². The number of hydrogen-bond acceptors (Lipinski definition) is 5. The van der Waals surface area contributed by atoms with Gasteiger partial charge in [-0.1, -0.05) is 50.2 Å². The molecule has 43 heavy (non-hydrogen) atoms. The van der Waals surface area contributed by atoms with E-state index in [1.54, 1.807) is 35.6 Å². The molecule has 3 unspecified atom stereocenters. The van der Waals surface area contributed by atoms with E-state index in [1.165, 1.54) is 22.6 Å². The Bertz CT molecular complexity index is 1460. The minimum absolute atomic E-state index is 0.0214. The van der Waals surface area contributed by atoms with Crippen LogP contribution in [0, 0.1) is 23.7 Å². The fraction of sp³-hybridized carbons (Fsp3) is 0.375. The van der Waals surface area contributed by atoms with Crippen LogP contribution in [0.4, 0.5) is 8.78 Å². The number of halogens is 2. The number of nitrogens with two attached hydrogens (primary N) is 2. The molecule has 1 aliphatic heterocycles. The Balaban J connectivity index is 0.000000263. The molecule has 1 aromatic heterocycles. The number of likely N-dealkylation sites (tertiary alicyclic amines) is 1. The van der Waals surface area contributed by atoms with E-state index in [9.17, 15) is 18.4 Å². The minimum atomic E-state index is -3.00. The van der Waals surface area contributed by atoms with Crippen molar-refractivity contribution in [2.75, 3.05) is 0 Å². The number of aryl methyl sites for hydroxylation is 1. The Kier molecular flexibility index (Phi) is 10.8. The number of hydrogen-bond donors (Lipinski definition) is 4. The fourth-order valence-corrected chi connectivity index (χ4v) is 7.19. The second-order valence-electron chi connectivity index (χ2n) is 11.2. The molecule has 1 saturated heterocycles. The summed E-state index contributed by atoms with van der Waals surface area (Å²) in [7, 11) is 0. The van der Waals surface area contributed by atoms with Gasteiger partial charge in [-0.05, 0) is 71.4 Å². The van der Waals surface area contributed by atoms with Crippen LogP contribution in [-0.4, -0.2) is 42.0 Å². The largest absolute Gasteiger partial charge is 0.390 e. The third-order valence-electron chi connectivity index (χ3n) is 8.36. The molecule has 11 heteroatoms. The molecule has 2 heterocycles. The van der Waals surface area contributed by atoms with Crippen molar-refractivity contribution in [3.05, 3.63) is 81.0 Å². The average Bonchev–Trinajstić information content (AvgIpc) is 3.29. The summed E-state index contributed by atoms with van der Waals surface area (Å²) in [4.78, 5) is 34.6. The van der Waals surface area contributed by atoms with Gasteiger partial charge in [0.15, 0.2) is 0 Å². The highest BCUT2D eigenvalue weighted by Gasteiger charge is 2.67. The quantitative estimate of drug-likeness (QED) is 0.184. The minimum Gasteiger partial charge on any atom is -0.390 e. The predicted octanol–water partition coefficient (Wildman–Crippen LogP) is 4.95. The molecule has 3 aromatic rings. The maximum Gasteiger partial charge on any atom is 0.299 e. The van der Waals surface area contributed by atoms with Gasteiger partial charge >= 0.3 is 0 Å². The normalized spacial score (nSPS) is 22.8. The second-order valence-corrected chi connectivity index (χ2v) is 12.2. The number of primary amides is 1. The van der Waals surface area contributed by atoms with Crippen LogP contribution in [0.3, 0.4) is 0 Å². The highest BCUT2D eigenvalue weighted by Crippen LogP contribution is 2.63. The molecule has 230 valence electrons. The highest BCUT2D eigenvalue weighted by molar-refractivity contribution is 7.10. The molecule has 0 spiro atoms. The van der Waals surface area contributed by atoms with Crippen LogP contribution >= 0.6 is 11.3 Å². The standard InChI is InChI=1S/C23H23F2NO.C7H9NOS.CH4N2.CH3NO/c1-13-12-22(3)14(2)21(22)26(13)20(27)11-15-8-9-17-16-6-4-5-7-18(16)23(24,25)19(17)10-15;1-6-2-7(10-4-6)3-8-5-9;2*2-1-3/h4-10,13-14,21H,11-12H2,1-3H3;2,4-5H,3H2,1H3,(H,8,9);1H,(H3,2,3);1H,(H2,2,3)/t13?,14?,21?,22-;;;/m1.../s1. The molecule has 0 bridgehead atoms. The van der Waals surface area contributed by atoms with Crippen molar-refractivity contribution in [2.24, 2.45) is 22.8 Å². The lowest BCUT2D eigenvalue weighted by Gasteiger charge is -2.26. The Morgan fingerprint density at radius 1 is 1.12 bits per heavy atom. The van der Waals surface area contributed by atoms with Crippen molar-refractivity contribution in [1.29, 1.82) is 5.41 Å². The molecule has 2 aliphatic carbocycles. The predicted molar refractivity (Wildman–Crippen MR) is 166 cm³/mol. The first kappa shape index (κ1) is 33.4. The average molecular weight is 612 g/mol. The summed E-state index contributed by atoms with van der Waals surface area (Å²) >= 11 is 1.67. The van der Waals surface area contributed by atoms with Gasteiger partial charge in [-0.25, -0.2) is 0 Å². The van der Waals surface area contributed by atoms with E-state index < -0.39 is 5.92 Å². The number of carbonyl (C=O) groups excluding carboxylic acids is 3. The van der Waals surface area contributed by atoms with Crippen LogP contribution < -0.4 is 16.8 Å². The number of fused-ring (bicyclic) bond motifs is 4. The van der Waals surface area contributed by atoms with Crippen molar-refractivity contribution < 1.29 is 23.2 Å². The molecule has 2 aromatic carbocycles. The zero-order valence-corrected chi connectivity index (χ0v) is 25.6. The van der Waals surface area contributed by atoms with Gasteiger partial charge in [-0.15, -0.1) is 11.3 Å². The van der Waals surface area contributed by atoms with E-state index in [0.717, 1.165) is 19.2 Å². The molecule has 2 fully saturated rings. The van der Waals surface area contributed by atoms with E-state index in [1.807, 2.05) is 17.9 Å². The number of rotatable bonds is 5. The van der Waals surface area contributed by atoms with Gasteiger partial charge in [0.05, 0.1) is 19.3 Å². The van der Waals surface area contributed by atoms with Crippen molar-refractivity contribution in [3.63, 3.8) is 0 Å². The van der Waals surface area contributed by atoms with E-state index in [4.69, 9.17) is 10.2 Å². The van der Waals surface area contributed by atoms with Crippen molar-refractivity contribution >= 4 is 36.4 Å². The maximum atomic E-state index is 14.9. The molecule has 6 N–H and O–H groups in total. The molecular weight excluding hydrogens is 572 g/mol. The smallest absolute Gasteiger partial charge is 0.299 e. The Hall–Kier alpha value is -4.12. The lowest BCUT2D eigenvalue weighted by atomic mass is 9.99. The van der Waals surface area contributed by atoms with Gasteiger partial charge in [0.2, 0.25) is 18.7 Å². The maximum absolute atomic E-state index is 14.9. The van der Waals surface area contributed by atoms with Gasteiger partial charge in [0.1, 0.15) is 0 Å². The first-order valence-electron chi connectivity index (χ1n) is 13.9. The number of nitrogens with one attached hydrogen (secondary N) is 2. The van der Waals surface area contributed by atoms with E-state index in [0.29, 0.717) is 35.2 Å². The lowest BCUT2D eigenvalue weighted by Crippen LogP contribution is -2.38. The number of alkyl halides is 2. The molecule has 6 rings (SSSR count). The lowest BCUT2D eigenvalue weighted by molar-refractivity contribution is -0.132. The van der Waals surface area contributed by atoms with Gasteiger partial charge < -0.3 is 21.7 Å². The van der Waals surface area contributed by atoms with Crippen LogP contribution in [-0.2, 0) is 33.3 Å². The third kappa shape index (κ3) is 6.93. The summed E-state index contributed by atoms with van der Waals surface area (Å²) in [5.74, 6) is -2.42. The van der Waals surface area contributed by atoms with Crippen molar-refractivity contribution in [2.45, 2.75) is 65.1 Å². The number of amides is 3. The molecule has 3 amide bonds. The summed E-state index contributed by atoms with van der Waals surface area (Å²) in [6.45, 7) is 9.24. The first-order chi connectivity index (χ1) is 20.4. The Morgan fingerprint density at radius 2 is 1.74 bits per heavy atom. The summed E-state index contributed by atoms with van der Waals surface area (Å²) in [6.07, 6.45) is 2.93. The first-order valence-corrected chi connectivity index (χ1v) is 14.8. The van der Waals surface area contributed by atoms with Gasteiger partial charge in [0, 0.05) is 28.1 Å². The fourth-order valence-electron chi connectivity index (χ4n) is 6.37. The highest BCUT2D eigenvalue weighted by atomic mass is 32.1. The Labute approximate surface area is 255 Å². The summed E-state index contributed by atoms with van der Waals surface area (Å²) in [5, 5.41) is 10.5. The van der Waals surface area contributed by atoms with Crippen LogP contribution in [0.25, 0.3) is 11.1 Å². The van der Waals surface area contributed by atoms with E-state index >= 15 is 0 Å². The summed E-state index contributed by atoms with van der Waals surface area (Å²) in [5.41, 5.74) is 12.0. The monoisotopic (exact) mass is 611 g/mol. The number of benzene rings is 2. The van der Waals surface area contributed by atoms with E-state index in [2.05, 4.69) is 49.0 Å². The van der Waals surface area contributed by atoms with Crippen LogP contribution in [0.15, 0.2) is 53.9 Å². The molecular formula is C32H39F2N5O3S. The molecule has 8 nitrogen and oxygen atoms in total. The van der Waals surface area contributed by atoms with Crippen LogP contribution in [0.1, 0.15) is 54.3 Å². The second kappa shape index (κ2) is 13.9. The number of thiophene rings is 1. The Morgan fingerprint density at radius 3 is 2.33 bits per heavy atom. The van der Waals surface area contributed by atoms with Gasteiger partial charge in [-0.2, -0.15) is 8.78 Å². The van der Waals surface area contributed by atoms with E-state index in [-0.39, 0.29) is 41.3 Å². The van der Waals surface area contributed by atoms with Crippen molar-refractivity contribution in [1.82, 2.24) is 10.2 Å². The molecule has 1 saturated carbocycles. The summed E-state index contributed by atoms with van der Waals surface area (Å²) < 4.78 is 29.8. The van der Waals surface area contributed by atoms with Crippen molar-refractivity contribution in [3.8, 4) is 11.1 Å². The number of carbonyl (C=O) groups is 3. The van der Waals surface area contributed by atoms with Crippen LogP contribution in [0.5, 0.6) is 0 Å². The number of piperidine rings is 1. The zero-order chi connectivity index (χ0) is 31.9. The van der Waals surface area contributed by atoms with Crippen LogP contribution in [0.2, 0.25) is 0 Å². The molecule has 3 aliphatic rings. The summed E-state index contributed by atoms with van der Waals surface area (Å²) in [6, 6.07) is 14.4. The molecule has 0 radical (unpaired) electrons. The SMILES string of the molecule is CC1C[C@]2(C)C(C)C2N1C(=O)Cc1ccc2c(c1)C(F)(F)c1ccccc1-2.Cc1csc(CNC=O)c1.N=CN.NC=O. The van der Waals surface area contributed by atoms with Gasteiger partial charge in [-0.3, -0.25) is 19.8 Å². The zero-order valence-electron chi connectivity index (χ0n) is 24.8. The number of nitrogens with zero attached hydrogens (tertiary/aromatic N) is 1. The molecule has 4 atom stereocenters.